The van der Waals surface area contributed by atoms with Crippen LogP contribution in [0.25, 0.3) is 0 Å². The van der Waals surface area contributed by atoms with Gasteiger partial charge in [-0.15, -0.1) is 11.6 Å². The molecule has 0 bridgehead atoms. The summed E-state index contributed by atoms with van der Waals surface area (Å²) in [6, 6.07) is 0. The summed E-state index contributed by atoms with van der Waals surface area (Å²) >= 11 is 5.38. The van der Waals surface area contributed by atoms with Crippen molar-refractivity contribution in [3.05, 3.63) is 0 Å². The van der Waals surface area contributed by atoms with E-state index in [-0.39, 0.29) is 29.6 Å². The van der Waals surface area contributed by atoms with Crippen LogP contribution in [0.4, 0.5) is 0 Å². The predicted molar refractivity (Wildman–Crippen MR) is 37.4 cm³/mol. The zero-order valence-electron chi connectivity index (χ0n) is 4.21. The Hall–Kier alpha value is 1.29. The van der Waals surface area contributed by atoms with Crippen LogP contribution in [0.3, 0.4) is 0 Å². The van der Waals surface area contributed by atoms with E-state index in [1.54, 1.807) is 0 Å². The molecule has 2 heteroatoms. The zero-order valence-corrected chi connectivity index (χ0v) is 4.96. The molecule has 40 valence electrons. The first-order valence-electron chi connectivity index (χ1n) is 2.47. The Labute approximate surface area is 72.9 Å². The van der Waals surface area contributed by atoms with E-state index >= 15 is 0 Å². The molecule has 0 saturated carbocycles. The molecular weight excluding hydrogens is 118 g/mol. The molecule has 0 unspecified atom stereocenters. The molecule has 0 fully saturated rings. The van der Waals surface area contributed by atoms with E-state index in [0.29, 0.717) is 0 Å². The third kappa shape index (κ3) is 11.1. The molecule has 0 nitrogen and oxygen atoms in total. The monoisotopic (exact) mass is 130 g/mol. The minimum atomic E-state index is 0. The van der Waals surface area contributed by atoms with Crippen molar-refractivity contribution >= 4 is 41.2 Å². The first kappa shape index (κ1) is 11.1. The molecule has 0 aromatic heterocycles. The quantitative estimate of drug-likeness (QED) is 0.310. The minimum absolute atomic E-state index is 0. The van der Waals surface area contributed by atoms with Gasteiger partial charge in [-0.25, -0.2) is 0 Å². The van der Waals surface area contributed by atoms with E-state index < -0.39 is 0 Å². The SMILES string of the molecule is CCCCCCl.[NaH]. The summed E-state index contributed by atoms with van der Waals surface area (Å²) in [7, 11) is 0. The molecule has 7 heavy (non-hydrogen) atoms. The molecule has 0 aliphatic heterocycles. The Balaban J connectivity index is 0. The summed E-state index contributed by atoms with van der Waals surface area (Å²) in [5.74, 6) is 0.827. The molecule has 0 saturated heterocycles. The average molecular weight is 131 g/mol. The van der Waals surface area contributed by atoms with Crippen molar-refractivity contribution in [2.75, 3.05) is 5.88 Å². The van der Waals surface area contributed by atoms with Gasteiger partial charge in [0.2, 0.25) is 0 Å². The van der Waals surface area contributed by atoms with Crippen LogP contribution >= 0.6 is 11.6 Å². The van der Waals surface area contributed by atoms with E-state index in [1.807, 2.05) is 0 Å². The van der Waals surface area contributed by atoms with Crippen molar-refractivity contribution in [2.45, 2.75) is 26.2 Å². The molecule has 0 aromatic rings. The second-order valence-corrected chi connectivity index (χ2v) is 1.77. The van der Waals surface area contributed by atoms with Gasteiger partial charge < -0.3 is 0 Å². The van der Waals surface area contributed by atoms with Crippen LogP contribution in [0.2, 0.25) is 0 Å². The van der Waals surface area contributed by atoms with Crippen LogP contribution in [-0.4, -0.2) is 35.4 Å². The fourth-order valence-electron chi connectivity index (χ4n) is 0.344. The predicted octanol–water partition coefficient (Wildman–Crippen LogP) is 1.77. The van der Waals surface area contributed by atoms with Crippen molar-refractivity contribution in [1.29, 1.82) is 0 Å². The Bertz CT molecular complexity index is 20.0. The summed E-state index contributed by atoms with van der Waals surface area (Å²) < 4.78 is 0. The maximum absolute atomic E-state index is 5.38. The van der Waals surface area contributed by atoms with Crippen LogP contribution in [-0.2, 0) is 0 Å². The van der Waals surface area contributed by atoms with Gasteiger partial charge in [0.05, 0.1) is 0 Å². The Morgan fingerprint density at radius 2 is 1.86 bits per heavy atom. The number of hydrogen-bond donors (Lipinski definition) is 0. The van der Waals surface area contributed by atoms with Crippen molar-refractivity contribution < 1.29 is 0 Å². The molecule has 0 spiro atoms. The first-order chi connectivity index (χ1) is 2.91. The molecule has 0 aliphatic carbocycles. The summed E-state index contributed by atoms with van der Waals surface area (Å²) in [6.45, 7) is 2.17. The van der Waals surface area contributed by atoms with Crippen molar-refractivity contribution in [1.82, 2.24) is 0 Å². The van der Waals surface area contributed by atoms with E-state index in [2.05, 4.69) is 6.92 Å². The van der Waals surface area contributed by atoms with Gasteiger partial charge in [-0.3, -0.25) is 0 Å². The van der Waals surface area contributed by atoms with Gasteiger partial charge in [0.1, 0.15) is 0 Å². The fraction of sp³-hybridized carbons (Fsp3) is 1.00. The third-order valence-electron chi connectivity index (χ3n) is 0.737. The first-order valence-corrected chi connectivity index (χ1v) is 3.01. The maximum atomic E-state index is 5.38. The molecule has 0 N–H and O–H groups in total. The van der Waals surface area contributed by atoms with Gasteiger partial charge in [0, 0.05) is 5.88 Å². The normalized spacial score (nSPS) is 7.71. The van der Waals surface area contributed by atoms with Gasteiger partial charge >= 0.3 is 29.6 Å². The number of alkyl halides is 1. The van der Waals surface area contributed by atoms with E-state index in [4.69, 9.17) is 11.6 Å². The van der Waals surface area contributed by atoms with Crippen molar-refractivity contribution in [3.8, 4) is 0 Å². The topological polar surface area (TPSA) is 0 Å². The molecule has 0 radical (unpaired) electrons. The zero-order chi connectivity index (χ0) is 4.83. The van der Waals surface area contributed by atoms with Crippen LogP contribution in [0.5, 0.6) is 0 Å². The molecule has 0 rings (SSSR count). The van der Waals surface area contributed by atoms with Crippen LogP contribution in [0.15, 0.2) is 0 Å². The molecule has 0 aromatic carbocycles. The molecule has 0 amide bonds. The van der Waals surface area contributed by atoms with E-state index in [1.165, 1.54) is 19.3 Å². The van der Waals surface area contributed by atoms with Crippen LogP contribution in [0, 0.1) is 0 Å². The van der Waals surface area contributed by atoms with E-state index in [9.17, 15) is 0 Å². The summed E-state index contributed by atoms with van der Waals surface area (Å²) in [5.41, 5.74) is 0. The van der Waals surface area contributed by atoms with Gasteiger partial charge in [-0.2, -0.15) is 0 Å². The molecule has 0 atom stereocenters. The third-order valence-corrected chi connectivity index (χ3v) is 1.00. The van der Waals surface area contributed by atoms with Gasteiger partial charge in [-0.1, -0.05) is 19.8 Å². The second-order valence-electron chi connectivity index (χ2n) is 1.40. The Morgan fingerprint density at radius 3 is 2.00 bits per heavy atom. The van der Waals surface area contributed by atoms with Gasteiger partial charge in [0.25, 0.3) is 0 Å². The van der Waals surface area contributed by atoms with Crippen LogP contribution < -0.4 is 0 Å². The Kier molecular flexibility index (Phi) is 16.4. The number of rotatable bonds is 3. The number of hydrogen-bond acceptors (Lipinski definition) is 0. The van der Waals surface area contributed by atoms with E-state index in [0.717, 1.165) is 5.88 Å². The second kappa shape index (κ2) is 10.3. The molecule has 0 heterocycles. The van der Waals surface area contributed by atoms with Crippen LogP contribution in [0.1, 0.15) is 26.2 Å². The molecule has 0 aliphatic rings. The standard InChI is InChI=1S/C5H11Cl.Na.H/c1-2-3-4-5-6;;/h2-5H2,1H3;;. The summed E-state index contributed by atoms with van der Waals surface area (Å²) in [6.07, 6.45) is 3.73. The fourth-order valence-corrected chi connectivity index (χ4v) is 0.533. The van der Waals surface area contributed by atoms with Gasteiger partial charge in [-0.05, 0) is 6.42 Å². The molecular formula is C5H12ClNa. The number of halogens is 1. The van der Waals surface area contributed by atoms with Gasteiger partial charge in [0.15, 0.2) is 0 Å². The average Bonchev–Trinajstić information content (AvgIpc) is 1.61. The Morgan fingerprint density at radius 1 is 1.29 bits per heavy atom. The summed E-state index contributed by atoms with van der Waals surface area (Å²) in [5, 5.41) is 0. The van der Waals surface area contributed by atoms with Crippen molar-refractivity contribution in [3.63, 3.8) is 0 Å². The van der Waals surface area contributed by atoms with Crippen molar-refractivity contribution in [2.24, 2.45) is 0 Å². The summed E-state index contributed by atoms with van der Waals surface area (Å²) in [4.78, 5) is 0. The number of unbranched alkanes of at least 4 members (excludes halogenated alkanes) is 2.